The number of carbonyl (C=O) groups excluding carboxylic acids is 2. The first-order valence-electron chi connectivity index (χ1n) is 10.1. The number of piperidine rings is 1. The number of carbonyl (C=O) groups is 2. The van der Waals surface area contributed by atoms with Crippen molar-refractivity contribution in [1.29, 1.82) is 0 Å². The van der Waals surface area contributed by atoms with Gasteiger partial charge in [-0.15, -0.1) is 11.3 Å². The fourth-order valence-corrected chi connectivity index (χ4v) is 5.63. The van der Waals surface area contributed by atoms with Gasteiger partial charge in [-0.25, -0.2) is 0 Å². The summed E-state index contributed by atoms with van der Waals surface area (Å²) in [6, 6.07) is 4.27. The lowest BCUT2D eigenvalue weighted by Gasteiger charge is -2.43. The fraction of sp³-hybridized carbons (Fsp3) is 0.524. The summed E-state index contributed by atoms with van der Waals surface area (Å²) in [5.74, 6) is 0.132. The van der Waals surface area contributed by atoms with Gasteiger partial charge in [0.05, 0.1) is 17.0 Å². The van der Waals surface area contributed by atoms with Crippen LogP contribution in [0.5, 0.6) is 0 Å². The third kappa shape index (κ3) is 3.06. The molecule has 3 aliphatic rings. The first-order valence-corrected chi connectivity index (χ1v) is 10.9. The van der Waals surface area contributed by atoms with Gasteiger partial charge in [-0.1, -0.05) is 0 Å². The van der Waals surface area contributed by atoms with Crippen molar-refractivity contribution in [3.8, 4) is 0 Å². The van der Waals surface area contributed by atoms with Crippen molar-refractivity contribution < 1.29 is 14.3 Å². The molecule has 1 spiro atoms. The lowest BCUT2D eigenvalue weighted by molar-refractivity contribution is -0.0906. The van der Waals surface area contributed by atoms with Gasteiger partial charge in [0.1, 0.15) is 5.60 Å². The Labute approximate surface area is 168 Å². The van der Waals surface area contributed by atoms with Gasteiger partial charge in [0.25, 0.3) is 11.8 Å². The number of nitrogens with one attached hydrogen (secondary N) is 2. The van der Waals surface area contributed by atoms with Gasteiger partial charge < -0.3 is 19.9 Å². The van der Waals surface area contributed by atoms with E-state index in [4.69, 9.17) is 4.74 Å². The molecule has 5 rings (SSSR count). The Hall–Kier alpha value is -2.12. The number of likely N-dealkylation sites (tertiary alicyclic amines) is 1. The summed E-state index contributed by atoms with van der Waals surface area (Å²) in [6.07, 6.45) is 6.40. The van der Waals surface area contributed by atoms with E-state index in [2.05, 4.69) is 16.4 Å². The zero-order valence-corrected chi connectivity index (χ0v) is 16.9. The summed E-state index contributed by atoms with van der Waals surface area (Å²) >= 11 is 1.58. The van der Waals surface area contributed by atoms with Crippen LogP contribution in [0.25, 0.3) is 0 Å². The predicted octanol–water partition coefficient (Wildman–Crippen LogP) is 2.98. The first-order chi connectivity index (χ1) is 13.6. The molecule has 6 nitrogen and oxygen atoms in total. The van der Waals surface area contributed by atoms with Crippen molar-refractivity contribution in [2.45, 2.75) is 50.7 Å². The minimum absolute atomic E-state index is 0.0487. The second kappa shape index (κ2) is 6.74. The molecule has 0 radical (unpaired) electrons. The molecule has 2 N–H and O–H groups in total. The maximum Gasteiger partial charge on any atom is 0.261 e. The normalized spacial score (nSPS) is 20.8. The van der Waals surface area contributed by atoms with Crippen molar-refractivity contribution in [1.82, 2.24) is 15.2 Å². The molecule has 28 heavy (non-hydrogen) atoms. The van der Waals surface area contributed by atoms with E-state index in [-0.39, 0.29) is 17.4 Å². The summed E-state index contributed by atoms with van der Waals surface area (Å²) in [5, 5.41) is 3.09. The van der Waals surface area contributed by atoms with Crippen LogP contribution in [-0.2, 0) is 16.8 Å². The van der Waals surface area contributed by atoms with Crippen LogP contribution in [0.1, 0.15) is 61.8 Å². The number of H-pyrrole nitrogens is 1. The number of hydrogen-bond acceptors (Lipinski definition) is 4. The molecule has 148 valence electrons. The molecule has 0 bridgehead atoms. The van der Waals surface area contributed by atoms with Crippen LogP contribution < -0.4 is 5.32 Å². The van der Waals surface area contributed by atoms with Gasteiger partial charge >= 0.3 is 0 Å². The van der Waals surface area contributed by atoms with E-state index in [1.165, 1.54) is 10.4 Å². The number of aryl methyl sites for hydroxylation is 1. The van der Waals surface area contributed by atoms with E-state index in [0.29, 0.717) is 25.7 Å². The van der Waals surface area contributed by atoms with Crippen LogP contribution in [0.15, 0.2) is 18.3 Å². The second-order valence-electron chi connectivity index (χ2n) is 8.11. The number of amides is 2. The van der Waals surface area contributed by atoms with Crippen molar-refractivity contribution in [3.63, 3.8) is 0 Å². The van der Waals surface area contributed by atoms with Gasteiger partial charge in [-0.05, 0) is 56.7 Å². The van der Waals surface area contributed by atoms with E-state index < -0.39 is 0 Å². The summed E-state index contributed by atoms with van der Waals surface area (Å²) in [6.45, 7) is 3.95. The maximum absolute atomic E-state index is 12.8. The molecule has 0 unspecified atom stereocenters. The highest BCUT2D eigenvalue weighted by Gasteiger charge is 2.44. The van der Waals surface area contributed by atoms with Gasteiger partial charge in [0.15, 0.2) is 0 Å². The molecule has 0 aromatic carbocycles. The third-order valence-corrected chi connectivity index (χ3v) is 7.51. The minimum Gasteiger partial charge on any atom is -0.369 e. The number of aromatic nitrogens is 1. The molecule has 1 saturated carbocycles. The Kier molecular flexibility index (Phi) is 4.32. The number of fused-ring (bicyclic) bond motifs is 2. The third-order valence-electron chi connectivity index (χ3n) is 6.15. The number of aromatic amines is 1. The van der Waals surface area contributed by atoms with Crippen LogP contribution in [0.3, 0.4) is 0 Å². The van der Waals surface area contributed by atoms with Crippen LogP contribution in [0.4, 0.5) is 0 Å². The molecular weight excluding hydrogens is 374 g/mol. The quantitative estimate of drug-likeness (QED) is 0.833. The molecule has 2 aromatic heterocycles. The molecule has 2 amide bonds. The smallest absolute Gasteiger partial charge is 0.261 e. The first kappa shape index (κ1) is 17.9. The highest BCUT2D eigenvalue weighted by atomic mass is 32.1. The van der Waals surface area contributed by atoms with Gasteiger partial charge in [0, 0.05) is 35.9 Å². The van der Waals surface area contributed by atoms with Gasteiger partial charge in [0.2, 0.25) is 0 Å². The number of ether oxygens (including phenoxy) is 1. The number of thiophene rings is 1. The minimum atomic E-state index is -0.347. The number of hydrogen-bond donors (Lipinski definition) is 2. The van der Waals surface area contributed by atoms with Crippen LogP contribution in [0.2, 0.25) is 0 Å². The van der Waals surface area contributed by atoms with Gasteiger partial charge in [-0.3, -0.25) is 9.59 Å². The van der Waals surface area contributed by atoms with Gasteiger partial charge in [-0.2, -0.15) is 0 Å². The predicted molar refractivity (Wildman–Crippen MR) is 107 cm³/mol. The average molecular weight is 400 g/mol. The Morgan fingerprint density at radius 3 is 2.79 bits per heavy atom. The van der Waals surface area contributed by atoms with E-state index >= 15 is 0 Å². The van der Waals surface area contributed by atoms with Crippen molar-refractivity contribution in [2.75, 3.05) is 19.7 Å². The average Bonchev–Trinajstić information content (AvgIpc) is 3.22. The van der Waals surface area contributed by atoms with E-state index in [0.717, 1.165) is 48.2 Å². The SMILES string of the molecule is Cc1[nH]ccc1C(=O)N1CCC2(CC1)OCCc1cc(C(=O)NC3CC3)sc12. The molecule has 2 aromatic rings. The maximum atomic E-state index is 12.8. The molecule has 2 aliphatic heterocycles. The summed E-state index contributed by atoms with van der Waals surface area (Å²) in [4.78, 5) is 32.3. The molecule has 1 aliphatic carbocycles. The van der Waals surface area contributed by atoms with E-state index in [1.54, 1.807) is 11.3 Å². The van der Waals surface area contributed by atoms with Crippen molar-refractivity contribution >= 4 is 23.2 Å². The largest absolute Gasteiger partial charge is 0.369 e. The Morgan fingerprint density at radius 1 is 1.32 bits per heavy atom. The van der Waals surface area contributed by atoms with Crippen molar-refractivity contribution in [2.24, 2.45) is 0 Å². The van der Waals surface area contributed by atoms with Crippen LogP contribution in [0, 0.1) is 6.92 Å². The standard InChI is InChI=1S/C21H25N3O3S/c1-13-16(4-8-22-13)20(26)24-9-6-21(7-10-24)18-14(5-11-27-21)12-17(28-18)19(25)23-15-2-3-15/h4,8,12,15,22H,2-3,5-7,9-11H2,1H3,(H,23,25). The molecule has 4 heterocycles. The molecule has 0 atom stereocenters. The molecule has 1 saturated heterocycles. The van der Waals surface area contributed by atoms with Crippen molar-refractivity contribution in [3.05, 3.63) is 44.9 Å². The monoisotopic (exact) mass is 399 g/mol. The Bertz CT molecular complexity index is 919. The Balaban J connectivity index is 1.33. The van der Waals surface area contributed by atoms with Crippen LogP contribution in [-0.4, -0.2) is 47.4 Å². The van der Waals surface area contributed by atoms with E-state index in [9.17, 15) is 9.59 Å². The summed E-state index contributed by atoms with van der Waals surface area (Å²) < 4.78 is 6.30. The van der Waals surface area contributed by atoms with E-state index in [1.807, 2.05) is 24.1 Å². The highest BCUT2D eigenvalue weighted by Crippen LogP contribution is 2.45. The zero-order valence-electron chi connectivity index (χ0n) is 16.0. The molecular formula is C21H25N3O3S. The number of nitrogens with zero attached hydrogens (tertiary/aromatic N) is 1. The molecule has 2 fully saturated rings. The fourth-order valence-electron chi connectivity index (χ4n) is 4.32. The van der Waals surface area contributed by atoms with Crippen LogP contribution >= 0.6 is 11.3 Å². The zero-order chi connectivity index (χ0) is 19.3. The lowest BCUT2D eigenvalue weighted by Crippen LogP contribution is -2.47. The summed E-state index contributed by atoms with van der Waals surface area (Å²) in [5.41, 5.74) is 2.56. The summed E-state index contributed by atoms with van der Waals surface area (Å²) in [7, 11) is 0. The highest BCUT2D eigenvalue weighted by molar-refractivity contribution is 7.14. The second-order valence-corrected chi connectivity index (χ2v) is 9.17. The number of rotatable bonds is 3. The lowest BCUT2D eigenvalue weighted by atomic mass is 9.85. The topological polar surface area (TPSA) is 74.4 Å². The molecule has 7 heteroatoms. The Morgan fingerprint density at radius 2 is 2.11 bits per heavy atom.